The number of hydrogen-bond acceptors (Lipinski definition) is 2. The van der Waals surface area contributed by atoms with Crippen molar-refractivity contribution in [3.63, 3.8) is 0 Å². The molecule has 4 fully saturated rings. The zero-order valence-electron chi connectivity index (χ0n) is 12.6. The lowest BCUT2D eigenvalue weighted by molar-refractivity contribution is 0.0125. The van der Waals surface area contributed by atoms with Crippen LogP contribution >= 0.6 is 0 Å². The Kier molecular flexibility index (Phi) is 3.35. The fraction of sp³-hybridized carbons (Fsp3) is 1.00. The highest BCUT2D eigenvalue weighted by molar-refractivity contribution is 4.96. The van der Waals surface area contributed by atoms with Crippen molar-refractivity contribution < 1.29 is 0 Å². The van der Waals surface area contributed by atoms with Gasteiger partial charge in [-0.25, -0.2) is 0 Å². The molecule has 0 bridgehead atoms. The number of piperidine rings is 2. The summed E-state index contributed by atoms with van der Waals surface area (Å²) in [6.45, 7) is 6.72. The third-order valence-electron chi connectivity index (χ3n) is 6.70. The van der Waals surface area contributed by atoms with Gasteiger partial charge < -0.3 is 4.90 Å². The zero-order valence-corrected chi connectivity index (χ0v) is 12.6. The molecule has 0 amide bonds. The van der Waals surface area contributed by atoms with Gasteiger partial charge in [0.1, 0.15) is 0 Å². The molecule has 5 atom stereocenters. The summed E-state index contributed by atoms with van der Waals surface area (Å²) in [5.74, 6) is 1.97. The second-order valence-corrected chi connectivity index (χ2v) is 7.77. The predicted molar refractivity (Wildman–Crippen MR) is 79.2 cm³/mol. The van der Waals surface area contributed by atoms with Gasteiger partial charge in [-0.3, -0.25) is 4.90 Å². The summed E-state index contributed by atoms with van der Waals surface area (Å²) < 4.78 is 0. The van der Waals surface area contributed by atoms with Gasteiger partial charge in [0.2, 0.25) is 0 Å². The number of hydrogen-bond donors (Lipinski definition) is 0. The van der Waals surface area contributed by atoms with Crippen molar-refractivity contribution in [1.82, 2.24) is 9.80 Å². The third-order valence-corrected chi connectivity index (χ3v) is 6.70. The van der Waals surface area contributed by atoms with E-state index in [0.29, 0.717) is 0 Å². The van der Waals surface area contributed by atoms with Gasteiger partial charge in [-0.1, -0.05) is 6.92 Å². The quantitative estimate of drug-likeness (QED) is 0.754. The largest absolute Gasteiger partial charge is 0.300 e. The van der Waals surface area contributed by atoms with Crippen molar-refractivity contribution in [2.24, 2.45) is 11.8 Å². The van der Waals surface area contributed by atoms with Crippen molar-refractivity contribution in [2.45, 2.75) is 76.4 Å². The van der Waals surface area contributed by atoms with E-state index in [4.69, 9.17) is 0 Å². The van der Waals surface area contributed by atoms with E-state index in [1.54, 1.807) is 0 Å². The van der Waals surface area contributed by atoms with Gasteiger partial charge in [0.15, 0.2) is 0 Å². The summed E-state index contributed by atoms with van der Waals surface area (Å²) in [6.07, 6.45) is 11.9. The molecule has 0 aromatic rings. The molecule has 4 aliphatic heterocycles. The van der Waals surface area contributed by atoms with Crippen LogP contribution in [0.1, 0.15) is 58.3 Å². The van der Waals surface area contributed by atoms with E-state index in [-0.39, 0.29) is 0 Å². The van der Waals surface area contributed by atoms with Crippen LogP contribution in [-0.2, 0) is 0 Å². The van der Waals surface area contributed by atoms with E-state index in [2.05, 4.69) is 16.7 Å². The van der Waals surface area contributed by atoms with Crippen LogP contribution in [0.15, 0.2) is 0 Å². The Bertz CT molecular complexity index is 329. The SMILES string of the molecule is CC1CCCN2C(CC3CCC4CCN4C3)CCC12. The van der Waals surface area contributed by atoms with Crippen LogP contribution < -0.4 is 0 Å². The van der Waals surface area contributed by atoms with E-state index < -0.39 is 0 Å². The van der Waals surface area contributed by atoms with E-state index >= 15 is 0 Å². The average molecular weight is 262 g/mol. The molecule has 0 aromatic carbocycles. The Morgan fingerprint density at radius 2 is 1.89 bits per heavy atom. The highest BCUT2D eigenvalue weighted by Gasteiger charge is 2.41. The van der Waals surface area contributed by atoms with Crippen LogP contribution in [-0.4, -0.2) is 47.6 Å². The van der Waals surface area contributed by atoms with Gasteiger partial charge in [-0.15, -0.1) is 0 Å². The lowest BCUT2D eigenvalue weighted by Crippen LogP contribution is -2.53. The molecule has 2 nitrogen and oxygen atoms in total. The van der Waals surface area contributed by atoms with Gasteiger partial charge in [-0.2, -0.15) is 0 Å². The monoisotopic (exact) mass is 262 g/mol. The van der Waals surface area contributed by atoms with E-state index in [1.807, 2.05) is 0 Å². The van der Waals surface area contributed by atoms with Crippen LogP contribution in [0.5, 0.6) is 0 Å². The van der Waals surface area contributed by atoms with Crippen molar-refractivity contribution in [3.8, 4) is 0 Å². The lowest BCUT2D eigenvalue weighted by atomic mass is 9.83. The Morgan fingerprint density at radius 1 is 0.947 bits per heavy atom. The summed E-state index contributed by atoms with van der Waals surface area (Å²) in [6, 6.07) is 2.87. The summed E-state index contributed by atoms with van der Waals surface area (Å²) in [5, 5.41) is 0. The molecule has 0 radical (unpaired) electrons. The maximum atomic E-state index is 2.91. The molecule has 0 saturated carbocycles. The average Bonchev–Trinajstić information content (AvgIpc) is 2.78. The number of nitrogens with zero attached hydrogens (tertiary/aromatic N) is 2. The van der Waals surface area contributed by atoms with Gasteiger partial charge >= 0.3 is 0 Å². The normalized spacial score (nSPS) is 47.5. The summed E-state index contributed by atoms with van der Waals surface area (Å²) in [7, 11) is 0. The second kappa shape index (κ2) is 5.04. The van der Waals surface area contributed by atoms with Gasteiger partial charge in [0.25, 0.3) is 0 Å². The van der Waals surface area contributed by atoms with Crippen LogP contribution in [0.2, 0.25) is 0 Å². The van der Waals surface area contributed by atoms with E-state index in [1.165, 1.54) is 71.0 Å². The standard InChI is InChI=1S/C17H30N2/c1-13-3-2-9-19-16(6-7-17(13)19)11-14-4-5-15-8-10-18(15)12-14/h13-17H,2-12H2,1H3. The van der Waals surface area contributed by atoms with Gasteiger partial charge in [-0.05, 0) is 76.3 Å². The zero-order chi connectivity index (χ0) is 12.8. The molecule has 0 aromatic heterocycles. The second-order valence-electron chi connectivity index (χ2n) is 7.77. The predicted octanol–water partition coefficient (Wildman–Crippen LogP) is 3.12. The molecule has 19 heavy (non-hydrogen) atoms. The Morgan fingerprint density at radius 3 is 2.68 bits per heavy atom. The maximum absolute atomic E-state index is 2.91. The Hall–Kier alpha value is -0.0800. The summed E-state index contributed by atoms with van der Waals surface area (Å²) in [4.78, 5) is 5.68. The maximum Gasteiger partial charge on any atom is 0.0124 e. The molecule has 4 rings (SSSR count). The smallest absolute Gasteiger partial charge is 0.0124 e. The Labute approximate surface area is 118 Å². The minimum absolute atomic E-state index is 0.940. The van der Waals surface area contributed by atoms with Gasteiger partial charge in [0.05, 0.1) is 0 Å². The molecule has 4 heterocycles. The van der Waals surface area contributed by atoms with Crippen molar-refractivity contribution in [1.29, 1.82) is 0 Å². The molecule has 0 N–H and O–H groups in total. The van der Waals surface area contributed by atoms with Gasteiger partial charge in [0, 0.05) is 24.7 Å². The van der Waals surface area contributed by atoms with E-state index in [0.717, 1.165) is 30.0 Å². The molecule has 2 heteroatoms. The van der Waals surface area contributed by atoms with E-state index in [9.17, 15) is 0 Å². The molecular weight excluding hydrogens is 232 g/mol. The van der Waals surface area contributed by atoms with Crippen LogP contribution in [0.3, 0.4) is 0 Å². The first kappa shape index (κ1) is 12.6. The van der Waals surface area contributed by atoms with Crippen molar-refractivity contribution >= 4 is 0 Å². The third kappa shape index (κ3) is 2.25. The summed E-state index contributed by atoms with van der Waals surface area (Å²) in [5.41, 5.74) is 0. The molecule has 4 saturated heterocycles. The molecule has 5 unspecified atom stereocenters. The highest BCUT2D eigenvalue weighted by atomic mass is 15.2. The number of rotatable bonds is 2. The Balaban J connectivity index is 1.35. The molecule has 0 spiro atoms. The molecule has 108 valence electrons. The first-order valence-corrected chi connectivity index (χ1v) is 8.81. The fourth-order valence-electron chi connectivity index (χ4n) is 5.46. The number of fused-ring (bicyclic) bond motifs is 2. The van der Waals surface area contributed by atoms with Crippen LogP contribution in [0, 0.1) is 11.8 Å². The van der Waals surface area contributed by atoms with Crippen LogP contribution in [0.4, 0.5) is 0 Å². The molecule has 0 aliphatic carbocycles. The first-order chi connectivity index (χ1) is 9.31. The molecule has 4 aliphatic rings. The highest BCUT2D eigenvalue weighted by Crippen LogP contribution is 2.39. The lowest BCUT2D eigenvalue weighted by Gasteiger charge is -2.48. The van der Waals surface area contributed by atoms with Crippen molar-refractivity contribution in [3.05, 3.63) is 0 Å². The van der Waals surface area contributed by atoms with Crippen molar-refractivity contribution in [2.75, 3.05) is 19.6 Å². The molecular formula is C17H30N2. The summed E-state index contributed by atoms with van der Waals surface area (Å²) >= 11 is 0. The minimum atomic E-state index is 0.940. The van der Waals surface area contributed by atoms with Crippen LogP contribution in [0.25, 0.3) is 0 Å². The topological polar surface area (TPSA) is 6.48 Å². The first-order valence-electron chi connectivity index (χ1n) is 8.81. The fourth-order valence-corrected chi connectivity index (χ4v) is 5.46. The minimum Gasteiger partial charge on any atom is -0.300 e.